The zero-order valence-electron chi connectivity index (χ0n) is 10.1. The van der Waals surface area contributed by atoms with Crippen LogP contribution in [0.3, 0.4) is 0 Å². The van der Waals surface area contributed by atoms with Crippen LogP contribution in [0, 0.1) is 10.1 Å². The first-order valence-electron chi connectivity index (χ1n) is 5.75. The number of hydrogen-bond donors (Lipinski definition) is 1. The Morgan fingerprint density at radius 3 is 3.16 bits per heavy atom. The Morgan fingerprint density at radius 1 is 1.68 bits per heavy atom. The predicted octanol–water partition coefficient (Wildman–Crippen LogP) is 0.670. The number of ether oxygens (including phenoxy) is 1. The fourth-order valence-corrected chi connectivity index (χ4v) is 2.06. The van der Waals surface area contributed by atoms with Crippen molar-refractivity contribution in [1.29, 1.82) is 0 Å². The van der Waals surface area contributed by atoms with E-state index >= 15 is 0 Å². The van der Waals surface area contributed by atoms with E-state index in [0.717, 1.165) is 0 Å². The minimum Gasteiger partial charge on any atom is -0.481 e. The molecule has 1 atom stereocenters. The zero-order chi connectivity index (χ0) is 13.8. The smallest absolute Gasteiger partial charge is 0.311 e. The number of rotatable bonds is 4. The highest BCUT2D eigenvalue weighted by molar-refractivity contribution is 5.69. The molecule has 2 rings (SSSR count). The average Bonchev–Trinajstić information content (AvgIpc) is 2.38. The summed E-state index contributed by atoms with van der Waals surface area (Å²) in [4.78, 5) is 26.9. The van der Waals surface area contributed by atoms with Crippen molar-refractivity contribution in [3.8, 4) is 0 Å². The van der Waals surface area contributed by atoms with Crippen molar-refractivity contribution in [2.24, 2.45) is 0 Å². The molecule has 1 aliphatic heterocycles. The van der Waals surface area contributed by atoms with E-state index < -0.39 is 16.9 Å². The Hall–Kier alpha value is -2.22. The molecular weight excluding hydrogens is 254 g/mol. The van der Waals surface area contributed by atoms with Crippen molar-refractivity contribution < 1.29 is 19.6 Å². The van der Waals surface area contributed by atoms with E-state index in [9.17, 15) is 14.9 Å². The molecular formula is C11H13N3O5. The number of nitro groups is 1. The van der Waals surface area contributed by atoms with Gasteiger partial charge in [-0.05, 0) is 6.07 Å². The normalized spacial score (nSPS) is 19.2. The molecule has 0 aliphatic carbocycles. The van der Waals surface area contributed by atoms with Gasteiger partial charge in [-0.3, -0.25) is 14.9 Å². The van der Waals surface area contributed by atoms with Crippen molar-refractivity contribution in [2.45, 2.75) is 12.5 Å². The van der Waals surface area contributed by atoms with Gasteiger partial charge in [0, 0.05) is 18.8 Å². The molecule has 0 bridgehead atoms. The highest BCUT2D eigenvalue weighted by Crippen LogP contribution is 2.28. The van der Waals surface area contributed by atoms with Gasteiger partial charge in [0.05, 0.1) is 30.6 Å². The minimum absolute atomic E-state index is 0.125. The summed E-state index contributed by atoms with van der Waals surface area (Å²) in [5.74, 6) is -0.777. The number of hydrogen-bond acceptors (Lipinski definition) is 6. The Bertz CT molecular complexity index is 493. The van der Waals surface area contributed by atoms with Gasteiger partial charge in [-0.2, -0.15) is 0 Å². The van der Waals surface area contributed by atoms with Gasteiger partial charge in [-0.15, -0.1) is 0 Å². The molecule has 1 aromatic rings. The minimum atomic E-state index is -0.973. The molecule has 1 aliphatic rings. The van der Waals surface area contributed by atoms with Crippen LogP contribution < -0.4 is 4.90 Å². The third-order valence-corrected chi connectivity index (χ3v) is 2.87. The fraction of sp³-hybridized carbons (Fsp3) is 0.455. The summed E-state index contributed by atoms with van der Waals surface area (Å²) < 4.78 is 5.23. The number of carboxylic acid groups (broad SMARTS) is 1. The molecule has 0 radical (unpaired) electrons. The molecule has 8 nitrogen and oxygen atoms in total. The van der Waals surface area contributed by atoms with Crippen LogP contribution in [-0.2, 0) is 9.53 Å². The van der Waals surface area contributed by atoms with E-state index in [2.05, 4.69) is 4.98 Å². The SMILES string of the molecule is O=C(O)CC1COCCN1c1ncccc1[N+](=O)[O-]. The third-order valence-electron chi connectivity index (χ3n) is 2.87. The first kappa shape index (κ1) is 13.2. The summed E-state index contributed by atoms with van der Waals surface area (Å²) >= 11 is 0. The van der Waals surface area contributed by atoms with E-state index in [4.69, 9.17) is 9.84 Å². The van der Waals surface area contributed by atoms with Crippen LogP contribution >= 0.6 is 0 Å². The van der Waals surface area contributed by atoms with Gasteiger partial charge in [-0.1, -0.05) is 0 Å². The van der Waals surface area contributed by atoms with E-state index in [1.165, 1.54) is 18.3 Å². The second kappa shape index (κ2) is 5.61. The lowest BCUT2D eigenvalue weighted by atomic mass is 10.1. The highest BCUT2D eigenvalue weighted by Gasteiger charge is 2.30. The molecule has 0 spiro atoms. The van der Waals surface area contributed by atoms with Gasteiger partial charge in [0.1, 0.15) is 0 Å². The Kier molecular flexibility index (Phi) is 3.91. The molecule has 1 aromatic heterocycles. The number of morpholine rings is 1. The van der Waals surface area contributed by atoms with E-state index in [1.807, 2.05) is 0 Å². The van der Waals surface area contributed by atoms with Crippen LogP contribution in [0.5, 0.6) is 0 Å². The van der Waals surface area contributed by atoms with Gasteiger partial charge >= 0.3 is 11.7 Å². The Labute approximate surface area is 108 Å². The molecule has 0 amide bonds. The Morgan fingerprint density at radius 2 is 2.47 bits per heavy atom. The molecule has 0 saturated carbocycles. The lowest BCUT2D eigenvalue weighted by Gasteiger charge is -2.35. The van der Waals surface area contributed by atoms with Gasteiger partial charge < -0.3 is 14.7 Å². The lowest BCUT2D eigenvalue weighted by Crippen LogP contribution is -2.47. The van der Waals surface area contributed by atoms with Crippen LogP contribution in [0.15, 0.2) is 18.3 Å². The van der Waals surface area contributed by atoms with Crippen LogP contribution in [-0.4, -0.2) is 46.8 Å². The number of carboxylic acids is 1. The summed E-state index contributed by atoms with van der Waals surface area (Å²) in [6.45, 7) is 1.000. The molecule has 1 saturated heterocycles. The molecule has 102 valence electrons. The van der Waals surface area contributed by atoms with E-state index in [1.54, 1.807) is 4.90 Å². The maximum Gasteiger partial charge on any atom is 0.311 e. The Balaban J connectivity index is 2.32. The molecule has 1 N–H and O–H groups in total. The van der Waals surface area contributed by atoms with Crippen LogP contribution in [0.2, 0.25) is 0 Å². The third kappa shape index (κ3) is 2.97. The van der Waals surface area contributed by atoms with Crippen LogP contribution in [0.4, 0.5) is 11.5 Å². The van der Waals surface area contributed by atoms with E-state index in [-0.39, 0.29) is 24.5 Å². The molecule has 19 heavy (non-hydrogen) atoms. The van der Waals surface area contributed by atoms with Crippen molar-refractivity contribution in [1.82, 2.24) is 4.98 Å². The molecule has 0 aromatic carbocycles. The van der Waals surface area contributed by atoms with Crippen molar-refractivity contribution in [2.75, 3.05) is 24.7 Å². The predicted molar refractivity (Wildman–Crippen MR) is 65.1 cm³/mol. The fourth-order valence-electron chi connectivity index (χ4n) is 2.06. The lowest BCUT2D eigenvalue weighted by molar-refractivity contribution is -0.384. The number of nitrogens with zero attached hydrogens (tertiary/aromatic N) is 3. The summed E-state index contributed by atoms with van der Waals surface area (Å²) in [6.07, 6.45) is 1.31. The van der Waals surface area contributed by atoms with Crippen LogP contribution in [0.1, 0.15) is 6.42 Å². The molecule has 2 heterocycles. The second-order valence-corrected chi connectivity index (χ2v) is 4.12. The van der Waals surface area contributed by atoms with Crippen molar-refractivity contribution >= 4 is 17.5 Å². The van der Waals surface area contributed by atoms with E-state index in [0.29, 0.717) is 13.2 Å². The summed E-state index contributed by atoms with van der Waals surface area (Å²) in [6, 6.07) is 2.39. The highest BCUT2D eigenvalue weighted by atomic mass is 16.6. The van der Waals surface area contributed by atoms with Gasteiger partial charge in [0.15, 0.2) is 0 Å². The van der Waals surface area contributed by atoms with Gasteiger partial charge in [0.2, 0.25) is 5.82 Å². The molecule has 1 unspecified atom stereocenters. The number of anilines is 1. The summed E-state index contributed by atoms with van der Waals surface area (Å²) in [5.41, 5.74) is -0.125. The summed E-state index contributed by atoms with van der Waals surface area (Å²) in [5, 5.41) is 19.9. The maximum absolute atomic E-state index is 11.0. The molecule has 1 fully saturated rings. The number of aromatic nitrogens is 1. The first-order chi connectivity index (χ1) is 9.09. The molecule has 8 heteroatoms. The standard InChI is InChI=1S/C11H13N3O5/c15-10(16)6-8-7-19-5-4-13(8)11-9(14(17)18)2-1-3-12-11/h1-3,8H,4-7H2,(H,15,16). The quantitative estimate of drug-likeness (QED) is 0.631. The van der Waals surface area contributed by atoms with Crippen molar-refractivity contribution in [3.63, 3.8) is 0 Å². The van der Waals surface area contributed by atoms with Gasteiger partial charge in [-0.25, -0.2) is 4.98 Å². The van der Waals surface area contributed by atoms with Crippen molar-refractivity contribution in [3.05, 3.63) is 28.4 Å². The number of carbonyl (C=O) groups is 1. The average molecular weight is 267 g/mol. The van der Waals surface area contributed by atoms with Crippen LogP contribution in [0.25, 0.3) is 0 Å². The maximum atomic E-state index is 11.0. The largest absolute Gasteiger partial charge is 0.481 e. The number of pyridine rings is 1. The topological polar surface area (TPSA) is 106 Å². The number of aliphatic carboxylic acids is 1. The monoisotopic (exact) mass is 267 g/mol. The summed E-state index contributed by atoms with van der Waals surface area (Å²) in [7, 11) is 0. The second-order valence-electron chi connectivity index (χ2n) is 4.12. The zero-order valence-corrected chi connectivity index (χ0v) is 10.1. The van der Waals surface area contributed by atoms with Gasteiger partial charge in [0.25, 0.3) is 0 Å². The first-order valence-corrected chi connectivity index (χ1v) is 5.75.